The molecule has 2 aromatic rings. The maximum Gasteiger partial charge on any atom is 1.00 e. The molecule has 1 unspecified atom stereocenters. The number of carbonyl (C=O) groups excluding carboxylic acids is 1. The van der Waals surface area contributed by atoms with Crippen molar-refractivity contribution in [1.29, 1.82) is 0 Å². The molecular weight excluding hydrogens is 401 g/mol. The van der Waals surface area contributed by atoms with E-state index in [0.29, 0.717) is 41.2 Å². The van der Waals surface area contributed by atoms with Crippen LogP contribution in [-0.4, -0.2) is 27.2 Å². The molecular formula is C21H22KNO6. The van der Waals surface area contributed by atoms with Gasteiger partial charge in [-0.05, 0) is 41.7 Å². The van der Waals surface area contributed by atoms with Crippen molar-refractivity contribution in [3.05, 3.63) is 45.6 Å². The van der Waals surface area contributed by atoms with Crippen LogP contribution in [0.1, 0.15) is 30.5 Å². The molecule has 7 nitrogen and oxygen atoms in total. The van der Waals surface area contributed by atoms with Crippen LogP contribution in [0.3, 0.4) is 0 Å². The number of hydrogen-bond donors (Lipinski definition) is 1. The second kappa shape index (κ2) is 9.95. The summed E-state index contributed by atoms with van der Waals surface area (Å²) in [7, 11) is 4.58. The number of ether oxygens (including phenoxy) is 3. The number of benzene rings is 1. The summed E-state index contributed by atoms with van der Waals surface area (Å²) in [6, 6.07) is 5.61. The first-order valence-corrected chi connectivity index (χ1v) is 8.85. The van der Waals surface area contributed by atoms with Crippen molar-refractivity contribution in [2.45, 2.75) is 25.8 Å². The Morgan fingerprint density at radius 2 is 1.79 bits per heavy atom. The summed E-state index contributed by atoms with van der Waals surface area (Å²) in [5.41, 5.74) is 2.22. The van der Waals surface area contributed by atoms with Gasteiger partial charge in [-0.1, -0.05) is 17.9 Å². The van der Waals surface area contributed by atoms with E-state index in [1.54, 1.807) is 13.2 Å². The molecule has 0 radical (unpaired) electrons. The van der Waals surface area contributed by atoms with Crippen LogP contribution < -0.4 is 81.4 Å². The first-order valence-electron chi connectivity index (χ1n) is 8.85. The topological polar surface area (TPSA) is 96.9 Å². The van der Waals surface area contributed by atoms with E-state index in [0.717, 1.165) is 11.1 Å². The molecule has 29 heavy (non-hydrogen) atoms. The van der Waals surface area contributed by atoms with E-state index in [1.165, 1.54) is 33.3 Å². The van der Waals surface area contributed by atoms with Crippen LogP contribution >= 0.6 is 0 Å². The van der Waals surface area contributed by atoms with Crippen molar-refractivity contribution in [3.63, 3.8) is 0 Å². The Bertz CT molecular complexity index is 992. The Morgan fingerprint density at radius 3 is 2.38 bits per heavy atom. The minimum absolute atomic E-state index is 0. The molecule has 0 fully saturated rings. The molecule has 0 aliphatic heterocycles. The smallest absolute Gasteiger partial charge is 0.870 e. The molecule has 0 spiro atoms. The van der Waals surface area contributed by atoms with Gasteiger partial charge in [0.25, 0.3) is 0 Å². The van der Waals surface area contributed by atoms with Gasteiger partial charge in [0, 0.05) is 12.5 Å². The van der Waals surface area contributed by atoms with Gasteiger partial charge in [-0.15, -0.1) is 0 Å². The fourth-order valence-electron chi connectivity index (χ4n) is 3.69. The number of amides is 1. The minimum Gasteiger partial charge on any atom is -0.870 e. The Labute approximate surface area is 211 Å². The van der Waals surface area contributed by atoms with E-state index < -0.39 is 17.2 Å². The maximum absolute atomic E-state index is 12.2. The summed E-state index contributed by atoms with van der Waals surface area (Å²) in [5, 5.41) is 14.9. The molecule has 0 aromatic heterocycles. The minimum atomic E-state index is -0.625. The van der Waals surface area contributed by atoms with Crippen molar-refractivity contribution in [3.8, 4) is 34.1 Å². The first-order chi connectivity index (χ1) is 13.4. The number of methoxy groups -OCH3 is 3. The summed E-state index contributed by atoms with van der Waals surface area (Å²) in [4.78, 5) is 24.0. The standard InChI is InChI=1S/C21H23NO6.K/c1-11(23)22-15-7-5-12-9-18(26-2)20(27-3)21(28-4)19(12)13-6-8-16(24)17(25)10-14(13)15;/h6,8-10,15H,5,7H2,1-4H3,(H,22,23)(H,24,25);/q;+1/p-1. The SMILES string of the molecule is COc1cc2c(c(OC)c1OC)-c1ccc([O-])c(=O)cc1C(NC(C)=O)CC2.[K+]. The van der Waals surface area contributed by atoms with Crippen LogP contribution in [0.5, 0.6) is 23.0 Å². The Balaban J connectivity index is 0.00000300. The fourth-order valence-corrected chi connectivity index (χ4v) is 3.69. The largest absolute Gasteiger partial charge is 1.00 e. The molecule has 1 aliphatic carbocycles. The molecule has 8 heteroatoms. The third-order valence-electron chi connectivity index (χ3n) is 4.88. The molecule has 1 amide bonds. The van der Waals surface area contributed by atoms with Crippen molar-refractivity contribution in [2.75, 3.05) is 21.3 Å². The summed E-state index contributed by atoms with van der Waals surface area (Å²) in [5.74, 6) is 0.560. The third-order valence-corrected chi connectivity index (χ3v) is 4.88. The van der Waals surface area contributed by atoms with Crippen LogP contribution in [0.4, 0.5) is 0 Å². The molecule has 0 bridgehead atoms. The average Bonchev–Trinajstić information content (AvgIpc) is 2.90. The Morgan fingerprint density at radius 1 is 1.10 bits per heavy atom. The van der Waals surface area contributed by atoms with Crippen LogP contribution in [0.15, 0.2) is 29.1 Å². The number of fused-ring (bicyclic) bond motifs is 3. The fraction of sp³-hybridized carbons (Fsp3) is 0.333. The Hall–Kier alpha value is -1.58. The predicted molar refractivity (Wildman–Crippen MR) is 102 cm³/mol. The number of rotatable bonds is 4. The van der Waals surface area contributed by atoms with E-state index >= 15 is 0 Å². The summed E-state index contributed by atoms with van der Waals surface area (Å²) >= 11 is 0. The zero-order chi connectivity index (χ0) is 20.4. The van der Waals surface area contributed by atoms with Gasteiger partial charge in [0.05, 0.1) is 27.4 Å². The van der Waals surface area contributed by atoms with Crippen molar-refractivity contribution in [2.24, 2.45) is 0 Å². The summed E-state index contributed by atoms with van der Waals surface area (Å²) in [6.45, 7) is 1.42. The van der Waals surface area contributed by atoms with Crippen LogP contribution in [0.25, 0.3) is 11.1 Å². The van der Waals surface area contributed by atoms with E-state index in [4.69, 9.17) is 14.2 Å². The van der Waals surface area contributed by atoms with Crippen molar-refractivity contribution >= 4 is 5.91 Å². The van der Waals surface area contributed by atoms with Gasteiger partial charge in [0.1, 0.15) is 0 Å². The maximum atomic E-state index is 12.2. The number of nitrogens with one attached hydrogen (secondary N) is 1. The molecule has 0 heterocycles. The van der Waals surface area contributed by atoms with Crippen LogP contribution in [-0.2, 0) is 11.2 Å². The average molecular weight is 424 g/mol. The van der Waals surface area contributed by atoms with Crippen molar-refractivity contribution < 1.29 is 75.5 Å². The monoisotopic (exact) mass is 423 g/mol. The number of hydrogen-bond acceptors (Lipinski definition) is 6. The van der Waals surface area contributed by atoms with Gasteiger partial charge in [-0.25, -0.2) is 0 Å². The number of aryl methyl sites for hydroxylation is 1. The van der Waals surface area contributed by atoms with Crippen molar-refractivity contribution in [1.82, 2.24) is 5.32 Å². The quantitative estimate of drug-likeness (QED) is 0.630. The molecule has 2 aromatic carbocycles. The molecule has 1 atom stereocenters. The predicted octanol–water partition coefficient (Wildman–Crippen LogP) is -1.06. The normalized spacial score (nSPS) is 14.4. The first kappa shape index (κ1) is 23.7. The van der Waals surface area contributed by atoms with E-state index in [-0.39, 0.29) is 57.3 Å². The molecule has 148 valence electrons. The van der Waals surface area contributed by atoms with E-state index in [2.05, 4.69) is 5.32 Å². The number of carbonyl (C=O) groups is 1. The molecule has 1 N–H and O–H groups in total. The Kier molecular flexibility index (Phi) is 8.13. The zero-order valence-electron chi connectivity index (χ0n) is 17.3. The van der Waals surface area contributed by atoms with Gasteiger partial charge < -0.3 is 24.6 Å². The van der Waals surface area contributed by atoms with Gasteiger partial charge in [0.15, 0.2) is 16.9 Å². The van der Waals surface area contributed by atoms with Gasteiger partial charge in [0.2, 0.25) is 11.7 Å². The van der Waals surface area contributed by atoms with Gasteiger partial charge >= 0.3 is 51.4 Å². The summed E-state index contributed by atoms with van der Waals surface area (Å²) < 4.78 is 16.6. The molecule has 3 rings (SSSR count). The molecule has 0 saturated heterocycles. The summed E-state index contributed by atoms with van der Waals surface area (Å²) in [6.07, 6.45) is 1.16. The zero-order valence-corrected chi connectivity index (χ0v) is 20.4. The van der Waals surface area contributed by atoms with Crippen LogP contribution in [0, 0.1) is 0 Å². The molecule has 1 aliphatic rings. The van der Waals surface area contributed by atoms with Gasteiger partial charge in [-0.2, -0.15) is 0 Å². The molecule has 0 saturated carbocycles. The van der Waals surface area contributed by atoms with Crippen LogP contribution in [0.2, 0.25) is 0 Å². The van der Waals surface area contributed by atoms with E-state index in [1.807, 2.05) is 6.07 Å². The second-order valence-corrected chi connectivity index (χ2v) is 6.55. The third kappa shape index (κ3) is 4.61. The second-order valence-electron chi connectivity index (χ2n) is 6.55. The van der Waals surface area contributed by atoms with E-state index in [9.17, 15) is 14.7 Å². The van der Waals surface area contributed by atoms with Gasteiger partial charge in [-0.3, -0.25) is 9.59 Å².